The number of nitrogens with zero attached hydrogens (tertiary/aromatic N) is 2. The van der Waals surface area contributed by atoms with E-state index in [4.69, 9.17) is 21.8 Å². The van der Waals surface area contributed by atoms with Crippen molar-refractivity contribution in [3.8, 4) is 0 Å². The molecule has 0 aliphatic carbocycles. The van der Waals surface area contributed by atoms with Gasteiger partial charge in [-0.2, -0.15) is 0 Å². The molecular weight excluding hydrogens is 256 g/mol. The molecule has 0 spiro atoms. The Bertz CT molecular complexity index is 445. The van der Waals surface area contributed by atoms with Gasteiger partial charge in [-0.15, -0.1) is 0 Å². The average Bonchev–Trinajstić information content (AvgIpc) is 2.39. The fraction of sp³-hybridized carbons (Fsp3) is 0.500. The monoisotopic (exact) mass is 270 g/mol. The zero-order chi connectivity index (χ0) is 13.1. The van der Waals surface area contributed by atoms with E-state index in [1.807, 2.05) is 4.90 Å². The van der Waals surface area contributed by atoms with Gasteiger partial charge < -0.3 is 15.1 Å². The van der Waals surface area contributed by atoms with Crippen LogP contribution in [0.2, 0.25) is 5.02 Å². The summed E-state index contributed by atoms with van der Waals surface area (Å²) in [5, 5.41) is 18.2. The molecule has 2 heterocycles. The Labute approximate surface area is 110 Å². The van der Waals surface area contributed by atoms with Gasteiger partial charge in [0.2, 0.25) is 0 Å². The standard InChI is InChI=1S/C12H15ClN2O3/c13-10-6-14-11(5-9(10)12(17)18)15-3-1-8(7-16)2-4-15/h5-6,8,16H,1-4,7H2,(H,17,18). The van der Waals surface area contributed by atoms with E-state index in [1.54, 1.807) is 0 Å². The molecule has 1 aliphatic heterocycles. The van der Waals surface area contributed by atoms with Crippen molar-refractivity contribution < 1.29 is 15.0 Å². The van der Waals surface area contributed by atoms with Crippen molar-refractivity contribution in [1.82, 2.24) is 4.98 Å². The molecule has 1 fully saturated rings. The van der Waals surface area contributed by atoms with Crippen molar-refractivity contribution in [2.75, 3.05) is 24.6 Å². The first-order valence-corrected chi connectivity index (χ1v) is 6.24. The number of carbonyl (C=O) groups is 1. The van der Waals surface area contributed by atoms with Crippen LogP contribution in [0.5, 0.6) is 0 Å². The largest absolute Gasteiger partial charge is 0.478 e. The van der Waals surface area contributed by atoms with Gasteiger partial charge in [-0.1, -0.05) is 11.6 Å². The number of hydrogen-bond donors (Lipinski definition) is 2. The maximum atomic E-state index is 11.0. The lowest BCUT2D eigenvalue weighted by Crippen LogP contribution is -2.35. The third-order valence-corrected chi connectivity index (χ3v) is 3.57. The molecule has 0 radical (unpaired) electrons. The predicted octanol–water partition coefficient (Wildman–Crippen LogP) is 1.64. The van der Waals surface area contributed by atoms with E-state index in [-0.39, 0.29) is 17.2 Å². The Balaban J connectivity index is 2.15. The number of aliphatic hydroxyl groups is 1. The van der Waals surface area contributed by atoms with Gasteiger partial charge in [0.25, 0.3) is 0 Å². The van der Waals surface area contributed by atoms with E-state index < -0.39 is 5.97 Å². The van der Waals surface area contributed by atoms with Gasteiger partial charge in [-0.25, -0.2) is 9.78 Å². The maximum Gasteiger partial charge on any atom is 0.337 e. The van der Waals surface area contributed by atoms with Crippen molar-refractivity contribution in [2.45, 2.75) is 12.8 Å². The first-order valence-electron chi connectivity index (χ1n) is 5.86. The highest BCUT2D eigenvalue weighted by molar-refractivity contribution is 6.33. The van der Waals surface area contributed by atoms with Crippen LogP contribution in [0.4, 0.5) is 5.82 Å². The quantitative estimate of drug-likeness (QED) is 0.873. The summed E-state index contributed by atoms with van der Waals surface area (Å²) in [6, 6.07) is 1.50. The molecule has 1 saturated heterocycles. The van der Waals surface area contributed by atoms with Crippen molar-refractivity contribution >= 4 is 23.4 Å². The topological polar surface area (TPSA) is 73.7 Å². The Kier molecular flexibility index (Phi) is 4.04. The fourth-order valence-electron chi connectivity index (χ4n) is 2.11. The highest BCUT2D eigenvalue weighted by Crippen LogP contribution is 2.24. The van der Waals surface area contributed by atoms with Gasteiger partial charge in [0, 0.05) is 25.9 Å². The van der Waals surface area contributed by atoms with Crippen LogP contribution >= 0.6 is 11.6 Å². The number of carboxylic acid groups (broad SMARTS) is 1. The third-order valence-electron chi connectivity index (χ3n) is 3.27. The second-order valence-corrected chi connectivity index (χ2v) is 4.85. The SMILES string of the molecule is O=C(O)c1cc(N2CCC(CO)CC2)ncc1Cl. The minimum atomic E-state index is -1.05. The predicted molar refractivity (Wildman–Crippen MR) is 68.2 cm³/mol. The number of hydrogen-bond acceptors (Lipinski definition) is 4. The molecule has 5 nitrogen and oxygen atoms in total. The summed E-state index contributed by atoms with van der Waals surface area (Å²) in [5.74, 6) is -0.0745. The van der Waals surface area contributed by atoms with Crippen LogP contribution in [-0.4, -0.2) is 40.9 Å². The molecule has 1 aromatic rings. The summed E-state index contributed by atoms with van der Waals surface area (Å²) in [7, 11) is 0. The second kappa shape index (κ2) is 5.54. The molecule has 0 saturated carbocycles. The molecule has 98 valence electrons. The maximum absolute atomic E-state index is 11.0. The van der Waals surface area contributed by atoms with E-state index in [0.29, 0.717) is 11.7 Å². The summed E-state index contributed by atoms with van der Waals surface area (Å²) in [6.07, 6.45) is 3.16. The Morgan fingerprint density at radius 2 is 2.17 bits per heavy atom. The van der Waals surface area contributed by atoms with E-state index >= 15 is 0 Å². The summed E-state index contributed by atoms with van der Waals surface area (Å²) >= 11 is 5.78. The van der Waals surface area contributed by atoms with Crippen LogP contribution in [-0.2, 0) is 0 Å². The zero-order valence-corrected chi connectivity index (χ0v) is 10.6. The summed E-state index contributed by atoms with van der Waals surface area (Å²) < 4.78 is 0. The van der Waals surface area contributed by atoms with Gasteiger partial charge in [-0.3, -0.25) is 0 Å². The number of rotatable bonds is 3. The van der Waals surface area contributed by atoms with E-state index in [9.17, 15) is 4.79 Å². The first-order chi connectivity index (χ1) is 8.61. The third kappa shape index (κ3) is 2.73. The Hall–Kier alpha value is -1.33. The molecule has 0 unspecified atom stereocenters. The summed E-state index contributed by atoms with van der Waals surface area (Å²) in [6.45, 7) is 1.76. The van der Waals surface area contributed by atoms with Crippen LogP contribution in [0.3, 0.4) is 0 Å². The molecule has 1 aromatic heterocycles. The first kappa shape index (κ1) is 13.1. The van der Waals surface area contributed by atoms with Gasteiger partial charge in [0.1, 0.15) is 5.82 Å². The number of aliphatic hydroxyl groups excluding tert-OH is 1. The van der Waals surface area contributed by atoms with Crippen molar-refractivity contribution in [3.63, 3.8) is 0 Å². The second-order valence-electron chi connectivity index (χ2n) is 4.44. The molecule has 18 heavy (non-hydrogen) atoms. The van der Waals surface area contributed by atoms with Crippen LogP contribution in [0.15, 0.2) is 12.3 Å². The normalized spacial score (nSPS) is 16.9. The minimum Gasteiger partial charge on any atom is -0.478 e. The molecule has 6 heteroatoms. The van der Waals surface area contributed by atoms with Gasteiger partial charge in [0.05, 0.1) is 10.6 Å². The van der Waals surface area contributed by atoms with E-state index in [0.717, 1.165) is 25.9 Å². The van der Waals surface area contributed by atoms with Crippen LogP contribution in [0.25, 0.3) is 0 Å². The minimum absolute atomic E-state index is 0.0750. The lowest BCUT2D eigenvalue weighted by Gasteiger charge is -2.32. The lowest BCUT2D eigenvalue weighted by molar-refractivity contribution is 0.0697. The summed E-state index contributed by atoms with van der Waals surface area (Å²) in [4.78, 5) is 17.2. The number of aromatic nitrogens is 1. The average molecular weight is 271 g/mol. The number of anilines is 1. The van der Waals surface area contributed by atoms with Gasteiger partial charge in [-0.05, 0) is 24.8 Å². The van der Waals surface area contributed by atoms with E-state index in [1.165, 1.54) is 12.3 Å². The molecule has 1 aliphatic rings. The summed E-state index contributed by atoms with van der Waals surface area (Å²) in [5.41, 5.74) is 0.0750. The molecule has 0 amide bonds. The molecule has 0 bridgehead atoms. The molecular formula is C12H15ClN2O3. The van der Waals surface area contributed by atoms with E-state index in [2.05, 4.69) is 4.98 Å². The van der Waals surface area contributed by atoms with Gasteiger partial charge in [0.15, 0.2) is 0 Å². The van der Waals surface area contributed by atoms with Crippen LogP contribution in [0.1, 0.15) is 23.2 Å². The Morgan fingerprint density at radius 3 is 2.72 bits per heavy atom. The highest BCUT2D eigenvalue weighted by Gasteiger charge is 2.21. The fourth-order valence-corrected chi connectivity index (χ4v) is 2.29. The lowest BCUT2D eigenvalue weighted by atomic mass is 9.98. The Morgan fingerprint density at radius 1 is 1.50 bits per heavy atom. The number of aromatic carboxylic acids is 1. The van der Waals surface area contributed by atoms with Crippen molar-refractivity contribution in [2.24, 2.45) is 5.92 Å². The van der Waals surface area contributed by atoms with Crippen molar-refractivity contribution in [1.29, 1.82) is 0 Å². The van der Waals surface area contributed by atoms with Crippen molar-refractivity contribution in [3.05, 3.63) is 22.8 Å². The van der Waals surface area contributed by atoms with Gasteiger partial charge >= 0.3 is 5.97 Å². The molecule has 0 atom stereocenters. The molecule has 2 rings (SSSR count). The van der Waals surface area contributed by atoms with Crippen LogP contribution in [0, 0.1) is 5.92 Å². The molecule has 0 aromatic carbocycles. The smallest absolute Gasteiger partial charge is 0.337 e. The number of carboxylic acids is 1. The van der Waals surface area contributed by atoms with Crippen LogP contribution < -0.4 is 4.90 Å². The highest BCUT2D eigenvalue weighted by atomic mass is 35.5. The number of halogens is 1. The zero-order valence-electron chi connectivity index (χ0n) is 9.84. The number of pyridine rings is 1. The number of piperidine rings is 1. The molecule has 2 N–H and O–H groups in total.